The standard InChI is InChI=1S/C35H50FN3O5/c1-25(34(40)38-21-26-12-16-42-17-13-26)18-30-9-10-31(22-37-30)43-23-27-8-11-33-32(19-27)39(14-5-15-41-3)24-35(2,44-33)28-6-4-7-29(36)20-28/h4,6-8,11,19-20,25-26,30-31,37H,5,9-10,12-18,21-24H2,1-3H3,(H,38,40)/t25?,30-,31+,35?/m0/s1. The lowest BCUT2D eigenvalue weighted by Gasteiger charge is -2.43. The molecule has 0 bridgehead atoms. The minimum Gasteiger partial charge on any atom is -0.479 e. The smallest absolute Gasteiger partial charge is 0.222 e. The van der Waals surface area contributed by atoms with Crippen molar-refractivity contribution in [1.82, 2.24) is 10.6 Å². The predicted molar refractivity (Wildman–Crippen MR) is 169 cm³/mol. The van der Waals surface area contributed by atoms with Gasteiger partial charge in [-0.3, -0.25) is 4.79 Å². The van der Waals surface area contributed by atoms with Gasteiger partial charge >= 0.3 is 0 Å². The van der Waals surface area contributed by atoms with Gasteiger partial charge in [-0.05, 0) is 86.8 Å². The van der Waals surface area contributed by atoms with Crippen LogP contribution in [0.4, 0.5) is 10.1 Å². The maximum absolute atomic E-state index is 14.1. The fourth-order valence-electron chi connectivity index (χ4n) is 6.63. The molecule has 0 saturated carbocycles. The number of nitrogens with zero attached hydrogens (tertiary/aromatic N) is 1. The summed E-state index contributed by atoms with van der Waals surface area (Å²) >= 11 is 0. The van der Waals surface area contributed by atoms with E-state index in [0.29, 0.717) is 31.7 Å². The fraction of sp³-hybridized carbons (Fsp3) is 0.629. The predicted octanol–water partition coefficient (Wildman–Crippen LogP) is 5.18. The fourth-order valence-corrected chi connectivity index (χ4v) is 6.63. The molecular weight excluding hydrogens is 561 g/mol. The molecule has 2 N–H and O–H groups in total. The van der Waals surface area contributed by atoms with Gasteiger partial charge in [-0.25, -0.2) is 4.39 Å². The molecule has 2 unspecified atom stereocenters. The highest BCUT2D eigenvalue weighted by atomic mass is 19.1. The molecule has 0 aromatic heterocycles. The first-order valence-corrected chi connectivity index (χ1v) is 16.4. The van der Waals surface area contributed by atoms with Gasteiger partial charge in [-0.1, -0.05) is 25.1 Å². The number of fused-ring (bicyclic) bond motifs is 1. The monoisotopic (exact) mass is 611 g/mol. The molecule has 44 heavy (non-hydrogen) atoms. The van der Waals surface area contributed by atoms with Crippen molar-refractivity contribution in [1.29, 1.82) is 0 Å². The van der Waals surface area contributed by atoms with Crippen molar-refractivity contribution in [2.45, 2.75) is 76.7 Å². The largest absolute Gasteiger partial charge is 0.479 e. The number of carbonyl (C=O) groups excluding carboxylic acids is 1. The van der Waals surface area contributed by atoms with Gasteiger partial charge < -0.3 is 34.5 Å². The number of hydrogen-bond acceptors (Lipinski definition) is 7. The van der Waals surface area contributed by atoms with E-state index in [9.17, 15) is 9.18 Å². The Balaban J connectivity index is 1.11. The summed E-state index contributed by atoms with van der Waals surface area (Å²) in [5.74, 6) is 1.20. The van der Waals surface area contributed by atoms with Gasteiger partial charge in [-0.2, -0.15) is 0 Å². The third kappa shape index (κ3) is 8.71. The van der Waals surface area contributed by atoms with Crippen LogP contribution in [0.15, 0.2) is 42.5 Å². The summed E-state index contributed by atoms with van der Waals surface area (Å²) in [5, 5.41) is 6.78. The molecule has 8 nitrogen and oxygen atoms in total. The van der Waals surface area contributed by atoms with Crippen molar-refractivity contribution in [3.8, 4) is 5.75 Å². The number of piperidine rings is 1. The van der Waals surface area contributed by atoms with E-state index in [0.717, 1.165) is 93.9 Å². The average Bonchev–Trinajstić information content (AvgIpc) is 3.04. The highest BCUT2D eigenvalue weighted by Crippen LogP contribution is 2.42. The molecule has 2 aromatic rings. The molecule has 2 aromatic carbocycles. The molecule has 2 fully saturated rings. The van der Waals surface area contributed by atoms with E-state index in [2.05, 4.69) is 27.7 Å². The number of hydrogen-bond donors (Lipinski definition) is 2. The second-order valence-corrected chi connectivity index (χ2v) is 13.0. The Kier molecular flexibility index (Phi) is 11.5. The van der Waals surface area contributed by atoms with Gasteiger partial charge in [-0.15, -0.1) is 0 Å². The molecule has 1 amide bonds. The molecule has 4 atom stereocenters. The molecule has 2 saturated heterocycles. The summed E-state index contributed by atoms with van der Waals surface area (Å²) in [6, 6.07) is 13.2. The number of amides is 1. The Morgan fingerprint density at radius 2 is 2.02 bits per heavy atom. The lowest BCUT2D eigenvalue weighted by molar-refractivity contribution is -0.125. The van der Waals surface area contributed by atoms with Gasteiger partial charge in [0.05, 0.1) is 24.9 Å². The van der Waals surface area contributed by atoms with E-state index in [1.807, 2.05) is 26.0 Å². The summed E-state index contributed by atoms with van der Waals surface area (Å²) in [6.45, 7) is 9.79. The summed E-state index contributed by atoms with van der Waals surface area (Å²) in [5.41, 5.74) is 2.27. The Bertz CT molecular complexity index is 1220. The summed E-state index contributed by atoms with van der Waals surface area (Å²) in [4.78, 5) is 15.0. The van der Waals surface area contributed by atoms with E-state index in [4.69, 9.17) is 18.9 Å². The van der Waals surface area contributed by atoms with E-state index in [-0.39, 0.29) is 23.7 Å². The van der Waals surface area contributed by atoms with Crippen LogP contribution < -0.4 is 20.3 Å². The van der Waals surface area contributed by atoms with Crippen molar-refractivity contribution >= 4 is 11.6 Å². The summed E-state index contributed by atoms with van der Waals surface area (Å²) < 4.78 is 37.7. The first-order valence-electron chi connectivity index (χ1n) is 16.4. The van der Waals surface area contributed by atoms with Crippen molar-refractivity contribution in [3.63, 3.8) is 0 Å². The van der Waals surface area contributed by atoms with Crippen LogP contribution in [0.1, 0.15) is 63.5 Å². The van der Waals surface area contributed by atoms with Crippen LogP contribution >= 0.6 is 0 Å². The van der Waals surface area contributed by atoms with Crippen molar-refractivity contribution in [3.05, 3.63) is 59.4 Å². The maximum atomic E-state index is 14.1. The normalized spacial score (nSPS) is 24.8. The number of halogens is 1. The van der Waals surface area contributed by atoms with Crippen molar-refractivity contribution < 1.29 is 28.1 Å². The minimum atomic E-state index is -0.673. The van der Waals surface area contributed by atoms with Crippen molar-refractivity contribution in [2.75, 3.05) is 58.0 Å². The Morgan fingerprint density at radius 3 is 2.77 bits per heavy atom. The maximum Gasteiger partial charge on any atom is 0.222 e. The number of anilines is 1. The highest BCUT2D eigenvalue weighted by molar-refractivity contribution is 5.78. The van der Waals surface area contributed by atoms with E-state index < -0.39 is 5.60 Å². The lowest BCUT2D eigenvalue weighted by atomic mass is 9.92. The average molecular weight is 612 g/mol. The molecule has 3 aliphatic rings. The first kappa shape index (κ1) is 32.7. The van der Waals surface area contributed by atoms with Crippen LogP contribution in [0.2, 0.25) is 0 Å². The molecule has 3 aliphatic heterocycles. The molecule has 9 heteroatoms. The Labute approximate surface area is 262 Å². The van der Waals surface area contributed by atoms with E-state index >= 15 is 0 Å². The zero-order chi connectivity index (χ0) is 30.9. The minimum absolute atomic E-state index is 0.0165. The third-order valence-corrected chi connectivity index (χ3v) is 9.35. The number of carbonyl (C=O) groups is 1. The third-order valence-electron chi connectivity index (χ3n) is 9.35. The quantitative estimate of drug-likeness (QED) is 0.302. The van der Waals surface area contributed by atoms with E-state index in [1.165, 1.54) is 6.07 Å². The summed E-state index contributed by atoms with van der Waals surface area (Å²) in [6.07, 6.45) is 5.87. The van der Waals surface area contributed by atoms with Gasteiger partial charge in [0.15, 0.2) is 0 Å². The molecule has 3 heterocycles. The van der Waals surface area contributed by atoms with E-state index in [1.54, 1.807) is 19.2 Å². The van der Waals surface area contributed by atoms with Crippen LogP contribution in [-0.2, 0) is 31.2 Å². The summed E-state index contributed by atoms with van der Waals surface area (Å²) in [7, 11) is 1.72. The number of nitrogens with one attached hydrogen (secondary N) is 2. The highest BCUT2D eigenvalue weighted by Gasteiger charge is 2.37. The van der Waals surface area contributed by atoms with Crippen LogP contribution in [0.25, 0.3) is 0 Å². The van der Waals surface area contributed by atoms with Gasteiger partial charge in [0.1, 0.15) is 17.2 Å². The van der Waals surface area contributed by atoms with Crippen molar-refractivity contribution in [2.24, 2.45) is 11.8 Å². The lowest BCUT2D eigenvalue weighted by Crippen LogP contribution is -2.47. The van der Waals surface area contributed by atoms with Gasteiger partial charge in [0, 0.05) is 58.5 Å². The molecular formula is C35H50FN3O5. The Hall–Kier alpha value is -2.72. The molecule has 0 radical (unpaired) electrons. The van der Waals surface area contributed by atoms with Crippen LogP contribution in [0.5, 0.6) is 5.75 Å². The molecule has 242 valence electrons. The molecule has 5 rings (SSSR count). The van der Waals surface area contributed by atoms with Crippen LogP contribution in [0, 0.1) is 17.7 Å². The van der Waals surface area contributed by atoms with Crippen LogP contribution in [-0.4, -0.2) is 71.2 Å². The topological polar surface area (TPSA) is 81.3 Å². The van der Waals surface area contributed by atoms with Crippen LogP contribution in [0.3, 0.4) is 0 Å². The SMILES string of the molecule is COCCCN1CC(C)(c2cccc(F)c2)Oc2ccc(CO[C@@H]3CC[C@@H](CC(C)C(=O)NCC4CCOCC4)NC3)cc21. The zero-order valence-electron chi connectivity index (χ0n) is 26.6. The second-order valence-electron chi connectivity index (χ2n) is 13.0. The molecule has 0 spiro atoms. The number of rotatable bonds is 13. The zero-order valence-corrected chi connectivity index (χ0v) is 26.6. The first-order chi connectivity index (χ1) is 21.3. The number of ether oxygens (including phenoxy) is 4. The van der Waals surface area contributed by atoms with Gasteiger partial charge in [0.25, 0.3) is 0 Å². The Morgan fingerprint density at radius 1 is 1.18 bits per heavy atom. The number of benzene rings is 2. The van der Waals surface area contributed by atoms with Gasteiger partial charge in [0.2, 0.25) is 5.91 Å². The second kappa shape index (κ2) is 15.5. The molecule has 0 aliphatic carbocycles. The number of methoxy groups -OCH3 is 1.